The molecule has 0 saturated heterocycles. The molecule has 0 N–H and O–H groups in total. The predicted molar refractivity (Wildman–Crippen MR) is 341 cm³/mol. The van der Waals surface area contributed by atoms with Gasteiger partial charge in [0, 0.05) is 25.7 Å². The molecule has 0 aromatic carbocycles. The van der Waals surface area contributed by atoms with E-state index in [1.807, 2.05) is 0 Å². The van der Waals surface area contributed by atoms with E-state index in [1.54, 1.807) is 0 Å². The molecule has 0 aromatic rings. The van der Waals surface area contributed by atoms with Gasteiger partial charge in [0.1, 0.15) is 12.2 Å². The predicted octanol–water partition coefficient (Wildman–Crippen LogP) is 23.4. The Kier molecular flexibility index (Phi) is 64.3. The zero-order valence-electron chi connectivity index (χ0n) is 54.3. The lowest BCUT2D eigenvalue weighted by Gasteiger charge is -2.18. The summed E-state index contributed by atoms with van der Waals surface area (Å²) in [5.74, 6) is -0.0695. The van der Waals surface area contributed by atoms with Crippen LogP contribution in [-0.2, 0) is 38.1 Å². The molecule has 474 valence electrons. The van der Waals surface area contributed by atoms with Crippen LogP contribution in [0.25, 0.3) is 0 Å². The van der Waals surface area contributed by atoms with E-state index in [4.69, 9.17) is 18.9 Å². The lowest BCUT2D eigenvalue weighted by molar-refractivity contribution is -0.151. The third-order valence-electron chi connectivity index (χ3n) is 16.7. The van der Waals surface area contributed by atoms with E-state index in [9.17, 15) is 19.2 Å². The summed E-state index contributed by atoms with van der Waals surface area (Å²) in [6, 6.07) is 0. The van der Waals surface area contributed by atoms with Gasteiger partial charge in [0.25, 0.3) is 0 Å². The van der Waals surface area contributed by atoms with Crippen molar-refractivity contribution in [2.45, 2.75) is 425 Å². The summed E-state index contributed by atoms with van der Waals surface area (Å²) < 4.78 is 23.2. The first-order valence-electron chi connectivity index (χ1n) is 36.1. The maximum atomic E-state index is 12.8. The molecule has 8 nitrogen and oxygen atoms in total. The van der Waals surface area contributed by atoms with Gasteiger partial charge in [-0.1, -0.05) is 297 Å². The Morgan fingerprint density at radius 3 is 0.613 bits per heavy atom. The molecule has 0 bridgehead atoms. The highest BCUT2D eigenvalue weighted by Crippen LogP contribution is 2.22. The molecule has 0 aromatic heterocycles. The normalized spacial score (nSPS) is 12.2. The molecular weight excluding hydrogens is 993 g/mol. The average molecular weight is 1130 g/mol. The number of esters is 4. The zero-order chi connectivity index (χ0) is 58.1. The van der Waals surface area contributed by atoms with E-state index in [0.29, 0.717) is 38.9 Å². The molecule has 0 aliphatic carbocycles. The molecule has 2 unspecified atom stereocenters. The fourth-order valence-electron chi connectivity index (χ4n) is 11.3. The molecule has 8 heteroatoms. The van der Waals surface area contributed by atoms with Crippen LogP contribution in [0.1, 0.15) is 413 Å². The number of rotatable bonds is 67. The summed E-state index contributed by atoms with van der Waals surface area (Å²) in [6.07, 6.45) is 68.9. The van der Waals surface area contributed by atoms with Gasteiger partial charge in [-0.05, 0) is 89.9 Å². The van der Waals surface area contributed by atoms with Gasteiger partial charge in [-0.3, -0.25) is 19.2 Å². The van der Waals surface area contributed by atoms with Gasteiger partial charge in [-0.15, -0.1) is 0 Å². The fraction of sp³-hybridized carbons (Fsp3) is 0.944. The van der Waals surface area contributed by atoms with Crippen molar-refractivity contribution in [3.05, 3.63) is 0 Å². The minimum atomic E-state index is -0.0508. The van der Waals surface area contributed by atoms with E-state index in [0.717, 1.165) is 154 Å². The van der Waals surface area contributed by atoms with Crippen LogP contribution in [0.3, 0.4) is 0 Å². The van der Waals surface area contributed by atoms with Crippen molar-refractivity contribution in [3.8, 4) is 0 Å². The van der Waals surface area contributed by atoms with Gasteiger partial charge < -0.3 is 18.9 Å². The van der Waals surface area contributed by atoms with Gasteiger partial charge in [0.2, 0.25) is 0 Å². The van der Waals surface area contributed by atoms with Crippen LogP contribution in [-0.4, -0.2) is 49.3 Å². The van der Waals surface area contributed by atoms with Crippen molar-refractivity contribution in [3.63, 3.8) is 0 Å². The first-order valence-corrected chi connectivity index (χ1v) is 36.1. The van der Waals surface area contributed by atoms with Crippen LogP contribution in [0.5, 0.6) is 0 Å². The first kappa shape index (κ1) is 77.9. The van der Waals surface area contributed by atoms with Crippen LogP contribution < -0.4 is 0 Å². The maximum absolute atomic E-state index is 12.8. The summed E-state index contributed by atoms with van der Waals surface area (Å²) in [6.45, 7) is 10.1. The van der Waals surface area contributed by atoms with Crippen molar-refractivity contribution < 1.29 is 38.1 Å². The molecule has 0 rings (SSSR count). The molecule has 0 aliphatic rings. The third kappa shape index (κ3) is 61.9. The average Bonchev–Trinajstić information content (AvgIpc) is 3.45. The highest BCUT2D eigenvalue weighted by atomic mass is 16.6. The number of carbonyl (C=O) groups excluding carboxylic acids is 4. The second-order valence-corrected chi connectivity index (χ2v) is 24.8. The van der Waals surface area contributed by atoms with Crippen LogP contribution in [0.2, 0.25) is 0 Å². The standard InChI is InChI=1S/C72H138O8/c1-5-9-13-17-21-25-30-42-53-63-71(75)79-67(57-47-37-20-16-12-8-4)59-49-39-32-33-41-51-61-69(73)77-65-55-45-34-27-23-24-28-35-46-56-66-78-70(74)62-52-44-36-40-50-60-68(58-48-38-29-19-15-11-7-3)80-72(76)64-54-43-31-26-22-18-14-10-6-2/h67-68H,5-66H2,1-4H3. The van der Waals surface area contributed by atoms with E-state index in [2.05, 4.69) is 27.7 Å². The fourth-order valence-corrected chi connectivity index (χ4v) is 11.3. The number of hydrogen-bond donors (Lipinski definition) is 0. The molecule has 0 amide bonds. The number of unbranched alkanes of at least 4 members (excludes halogenated alkanes) is 45. The summed E-state index contributed by atoms with van der Waals surface area (Å²) in [5.41, 5.74) is 0. The monoisotopic (exact) mass is 1130 g/mol. The van der Waals surface area contributed by atoms with Gasteiger partial charge in [0.15, 0.2) is 0 Å². The molecule has 80 heavy (non-hydrogen) atoms. The Balaban J connectivity index is 3.88. The summed E-state index contributed by atoms with van der Waals surface area (Å²) in [5, 5.41) is 0. The molecule has 0 aliphatic heterocycles. The molecular formula is C72H138O8. The smallest absolute Gasteiger partial charge is 0.306 e. The van der Waals surface area contributed by atoms with Gasteiger partial charge in [-0.25, -0.2) is 0 Å². The topological polar surface area (TPSA) is 105 Å². The second kappa shape index (κ2) is 66.0. The summed E-state index contributed by atoms with van der Waals surface area (Å²) >= 11 is 0. The van der Waals surface area contributed by atoms with Crippen molar-refractivity contribution in [1.82, 2.24) is 0 Å². The first-order chi connectivity index (χ1) is 39.4. The van der Waals surface area contributed by atoms with Crippen molar-refractivity contribution in [2.75, 3.05) is 13.2 Å². The Bertz CT molecular complexity index is 1290. The third-order valence-corrected chi connectivity index (χ3v) is 16.7. The molecule has 0 heterocycles. The zero-order valence-corrected chi connectivity index (χ0v) is 54.3. The minimum absolute atomic E-state index is 0.00919. The number of carbonyl (C=O) groups is 4. The Morgan fingerprint density at radius 1 is 0.212 bits per heavy atom. The summed E-state index contributed by atoms with van der Waals surface area (Å²) in [4.78, 5) is 50.1. The van der Waals surface area contributed by atoms with Gasteiger partial charge in [-0.2, -0.15) is 0 Å². The lowest BCUT2D eigenvalue weighted by Crippen LogP contribution is -2.18. The number of hydrogen-bond acceptors (Lipinski definition) is 8. The van der Waals surface area contributed by atoms with E-state index in [-0.39, 0.29) is 36.1 Å². The van der Waals surface area contributed by atoms with Gasteiger partial charge >= 0.3 is 23.9 Å². The molecule has 0 fully saturated rings. The molecule has 0 saturated carbocycles. The number of ether oxygens (including phenoxy) is 4. The van der Waals surface area contributed by atoms with E-state index >= 15 is 0 Å². The van der Waals surface area contributed by atoms with Crippen LogP contribution in [0, 0.1) is 0 Å². The lowest BCUT2D eigenvalue weighted by atomic mass is 10.0. The highest BCUT2D eigenvalue weighted by molar-refractivity contribution is 5.70. The van der Waals surface area contributed by atoms with E-state index in [1.165, 1.54) is 205 Å². The highest BCUT2D eigenvalue weighted by Gasteiger charge is 2.16. The van der Waals surface area contributed by atoms with Crippen LogP contribution >= 0.6 is 0 Å². The quantitative estimate of drug-likeness (QED) is 0.0337. The van der Waals surface area contributed by atoms with E-state index < -0.39 is 0 Å². The SMILES string of the molecule is CCCCCCCCCCCC(=O)OC(CCCCCCCC)CCCCCCCCC(=O)OCCCCCCCCCCCCOC(=O)CCCCCCCC(CCCCCCCCC)OC(=O)CCCCCCCCCCC. The van der Waals surface area contributed by atoms with Gasteiger partial charge in [0.05, 0.1) is 13.2 Å². The maximum Gasteiger partial charge on any atom is 0.306 e. The molecule has 0 spiro atoms. The van der Waals surface area contributed by atoms with Crippen molar-refractivity contribution >= 4 is 23.9 Å². The molecule has 2 atom stereocenters. The molecule has 0 radical (unpaired) electrons. The van der Waals surface area contributed by atoms with Crippen molar-refractivity contribution in [1.29, 1.82) is 0 Å². The Labute approximate surface area is 498 Å². The minimum Gasteiger partial charge on any atom is -0.466 e. The Hall–Kier alpha value is -2.12. The second-order valence-electron chi connectivity index (χ2n) is 24.8. The summed E-state index contributed by atoms with van der Waals surface area (Å²) in [7, 11) is 0. The van der Waals surface area contributed by atoms with Crippen molar-refractivity contribution in [2.24, 2.45) is 0 Å². The Morgan fingerprint density at radius 2 is 0.388 bits per heavy atom. The largest absolute Gasteiger partial charge is 0.466 e. The van der Waals surface area contributed by atoms with Crippen LogP contribution in [0.15, 0.2) is 0 Å². The van der Waals surface area contributed by atoms with Crippen LogP contribution in [0.4, 0.5) is 0 Å².